The molecule has 21 heavy (non-hydrogen) atoms. The second-order valence-electron chi connectivity index (χ2n) is 4.44. The fraction of sp³-hybridized carbons (Fsp3) is 0.0625. The first-order valence-corrected chi connectivity index (χ1v) is 6.76. The maximum absolute atomic E-state index is 12.0. The summed E-state index contributed by atoms with van der Waals surface area (Å²) in [6, 6.07) is 14.0. The highest BCUT2D eigenvalue weighted by atomic mass is 35.5. The van der Waals surface area contributed by atoms with Crippen molar-refractivity contribution < 1.29 is 13.6 Å². The van der Waals surface area contributed by atoms with Crippen LogP contribution in [0.5, 0.6) is 0 Å². The molecule has 3 rings (SSSR count). The molecule has 0 atom stereocenters. The molecule has 0 aliphatic carbocycles. The van der Waals surface area contributed by atoms with Gasteiger partial charge < -0.3 is 14.2 Å². The Labute approximate surface area is 126 Å². The number of nitrogens with one attached hydrogen (secondary N) is 1. The van der Waals surface area contributed by atoms with Crippen molar-refractivity contribution in [1.82, 2.24) is 5.32 Å². The average molecular weight is 302 g/mol. The van der Waals surface area contributed by atoms with Crippen molar-refractivity contribution in [3.05, 3.63) is 71.1 Å². The van der Waals surface area contributed by atoms with Gasteiger partial charge in [0.1, 0.15) is 5.76 Å². The average Bonchev–Trinajstić information content (AvgIpc) is 3.15. The number of benzene rings is 1. The third kappa shape index (κ3) is 3.17. The maximum Gasteiger partial charge on any atom is 0.251 e. The Morgan fingerprint density at radius 3 is 2.76 bits per heavy atom. The molecule has 0 aliphatic heterocycles. The summed E-state index contributed by atoms with van der Waals surface area (Å²) in [5.41, 5.74) is 0.514. The van der Waals surface area contributed by atoms with Crippen molar-refractivity contribution in [3.63, 3.8) is 0 Å². The third-order valence-electron chi connectivity index (χ3n) is 2.94. The number of carbonyl (C=O) groups excluding carboxylic acids is 1. The topological polar surface area (TPSA) is 55.4 Å². The van der Waals surface area contributed by atoms with Crippen LogP contribution in [-0.4, -0.2) is 5.91 Å². The van der Waals surface area contributed by atoms with Gasteiger partial charge in [-0.15, -0.1) is 0 Å². The molecule has 0 radical (unpaired) electrons. The lowest BCUT2D eigenvalue weighted by atomic mass is 10.2. The van der Waals surface area contributed by atoms with Crippen molar-refractivity contribution in [3.8, 4) is 11.5 Å². The van der Waals surface area contributed by atoms with Gasteiger partial charge in [-0.2, -0.15) is 0 Å². The minimum absolute atomic E-state index is 0.201. The molecular weight excluding hydrogens is 290 g/mol. The normalized spacial score (nSPS) is 10.5. The van der Waals surface area contributed by atoms with Gasteiger partial charge >= 0.3 is 0 Å². The van der Waals surface area contributed by atoms with Gasteiger partial charge in [-0.1, -0.05) is 17.7 Å². The van der Waals surface area contributed by atoms with E-state index < -0.39 is 0 Å². The number of halogens is 1. The van der Waals surface area contributed by atoms with Gasteiger partial charge in [0.05, 0.1) is 12.8 Å². The molecule has 3 aromatic rings. The molecule has 5 heteroatoms. The number of hydrogen-bond acceptors (Lipinski definition) is 3. The van der Waals surface area contributed by atoms with E-state index in [9.17, 15) is 4.79 Å². The van der Waals surface area contributed by atoms with E-state index in [0.29, 0.717) is 34.4 Å². The molecule has 106 valence electrons. The van der Waals surface area contributed by atoms with Crippen LogP contribution in [-0.2, 0) is 6.54 Å². The number of amides is 1. The van der Waals surface area contributed by atoms with Crippen LogP contribution in [0.25, 0.3) is 11.5 Å². The van der Waals surface area contributed by atoms with Gasteiger partial charge in [-0.05, 0) is 42.5 Å². The van der Waals surface area contributed by atoms with E-state index in [2.05, 4.69) is 5.32 Å². The quantitative estimate of drug-likeness (QED) is 0.788. The summed E-state index contributed by atoms with van der Waals surface area (Å²) < 4.78 is 10.8. The minimum atomic E-state index is -0.201. The molecule has 0 bridgehead atoms. The fourth-order valence-electron chi connectivity index (χ4n) is 1.92. The van der Waals surface area contributed by atoms with Gasteiger partial charge in [0, 0.05) is 10.6 Å². The molecule has 1 aromatic carbocycles. The highest BCUT2D eigenvalue weighted by Gasteiger charge is 2.09. The molecule has 0 spiro atoms. The summed E-state index contributed by atoms with van der Waals surface area (Å²) in [5.74, 6) is 1.74. The molecule has 0 aliphatic rings. The Kier molecular flexibility index (Phi) is 3.79. The number of furan rings is 2. The molecule has 0 fully saturated rings. The first-order valence-electron chi connectivity index (χ1n) is 6.39. The first kappa shape index (κ1) is 13.5. The summed E-state index contributed by atoms with van der Waals surface area (Å²) in [5, 5.41) is 3.31. The smallest absolute Gasteiger partial charge is 0.251 e. The zero-order valence-electron chi connectivity index (χ0n) is 11.0. The van der Waals surface area contributed by atoms with Gasteiger partial charge in [0.15, 0.2) is 11.5 Å². The SMILES string of the molecule is O=C(NCc1ccc(-c2ccco2)o1)c1cccc(Cl)c1. The van der Waals surface area contributed by atoms with Crippen LogP contribution >= 0.6 is 11.6 Å². The highest BCUT2D eigenvalue weighted by Crippen LogP contribution is 2.22. The molecule has 0 saturated carbocycles. The van der Waals surface area contributed by atoms with Crippen LogP contribution in [0.4, 0.5) is 0 Å². The van der Waals surface area contributed by atoms with Gasteiger partial charge in [-0.25, -0.2) is 0 Å². The van der Waals surface area contributed by atoms with E-state index in [1.54, 1.807) is 48.7 Å². The predicted octanol–water partition coefficient (Wildman–Crippen LogP) is 4.12. The summed E-state index contributed by atoms with van der Waals surface area (Å²) in [4.78, 5) is 12.0. The summed E-state index contributed by atoms with van der Waals surface area (Å²) in [6.07, 6.45) is 1.58. The Bertz CT molecular complexity index is 746. The second kappa shape index (κ2) is 5.89. The number of hydrogen-bond donors (Lipinski definition) is 1. The summed E-state index contributed by atoms with van der Waals surface area (Å²) in [7, 11) is 0. The van der Waals surface area contributed by atoms with Crippen LogP contribution in [0.15, 0.2) is 63.6 Å². The molecule has 4 nitrogen and oxygen atoms in total. The third-order valence-corrected chi connectivity index (χ3v) is 3.17. The Hall–Kier alpha value is -2.46. The van der Waals surface area contributed by atoms with Crippen molar-refractivity contribution in [2.24, 2.45) is 0 Å². The number of carbonyl (C=O) groups is 1. The molecular formula is C16H12ClNO3. The van der Waals surface area contributed by atoms with E-state index >= 15 is 0 Å². The molecule has 2 heterocycles. The van der Waals surface area contributed by atoms with Gasteiger partial charge in [-0.3, -0.25) is 4.79 Å². The second-order valence-corrected chi connectivity index (χ2v) is 4.87. The Morgan fingerprint density at radius 2 is 2.00 bits per heavy atom. The van der Waals surface area contributed by atoms with E-state index in [4.69, 9.17) is 20.4 Å². The van der Waals surface area contributed by atoms with E-state index in [1.807, 2.05) is 6.07 Å². The standard InChI is InChI=1S/C16H12ClNO3/c17-12-4-1-3-11(9-12)16(19)18-10-13-6-7-15(21-13)14-5-2-8-20-14/h1-9H,10H2,(H,18,19). The maximum atomic E-state index is 12.0. The van der Waals surface area contributed by atoms with Crippen LogP contribution in [0.2, 0.25) is 5.02 Å². The lowest BCUT2D eigenvalue weighted by Gasteiger charge is -2.03. The largest absolute Gasteiger partial charge is 0.461 e. The zero-order valence-corrected chi connectivity index (χ0v) is 11.8. The first-order chi connectivity index (χ1) is 10.2. The van der Waals surface area contributed by atoms with Crippen molar-refractivity contribution in [2.45, 2.75) is 6.54 Å². The van der Waals surface area contributed by atoms with E-state index in [1.165, 1.54) is 0 Å². The zero-order chi connectivity index (χ0) is 14.7. The molecule has 0 saturated heterocycles. The molecule has 1 N–H and O–H groups in total. The molecule has 2 aromatic heterocycles. The Balaban J connectivity index is 1.64. The van der Waals surface area contributed by atoms with Crippen molar-refractivity contribution in [1.29, 1.82) is 0 Å². The van der Waals surface area contributed by atoms with Gasteiger partial charge in [0.2, 0.25) is 0 Å². The van der Waals surface area contributed by atoms with E-state index in [0.717, 1.165) is 0 Å². The summed E-state index contributed by atoms with van der Waals surface area (Å²) in [6.45, 7) is 0.298. The monoisotopic (exact) mass is 301 g/mol. The van der Waals surface area contributed by atoms with Gasteiger partial charge in [0.25, 0.3) is 5.91 Å². The van der Waals surface area contributed by atoms with Crippen LogP contribution in [0, 0.1) is 0 Å². The Morgan fingerprint density at radius 1 is 1.10 bits per heavy atom. The van der Waals surface area contributed by atoms with Crippen LogP contribution < -0.4 is 5.32 Å². The molecule has 1 amide bonds. The van der Waals surface area contributed by atoms with Crippen LogP contribution in [0.1, 0.15) is 16.1 Å². The fourth-order valence-corrected chi connectivity index (χ4v) is 2.11. The lowest BCUT2D eigenvalue weighted by molar-refractivity contribution is 0.0948. The predicted molar refractivity (Wildman–Crippen MR) is 79.0 cm³/mol. The van der Waals surface area contributed by atoms with Crippen molar-refractivity contribution in [2.75, 3.05) is 0 Å². The highest BCUT2D eigenvalue weighted by molar-refractivity contribution is 6.30. The number of rotatable bonds is 4. The minimum Gasteiger partial charge on any atom is -0.461 e. The van der Waals surface area contributed by atoms with Crippen molar-refractivity contribution >= 4 is 17.5 Å². The van der Waals surface area contributed by atoms with E-state index in [-0.39, 0.29) is 5.91 Å². The molecule has 0 unspecified atom stereocenters. The van der Waals surface area contributed by atoms with Crippen LogP contribution in [0.3, 0.4) is 0 Å². The summed E-state index contributed by atoms with van der Waals surface area (Å²) >= 11 is 5.86. The lowest BCUT2D eigenvalue weighted by Crippen LogP contribution is -2.22.